The second kappa shape index (κ2) is 6.85. The number of hydrogen-bond donors (Lipinski definition) is 2. The minimum atomic E-state index is 0.843. The first-order valence-corrected chi connectivity index (χ1v) is 7.45. The van der Waals surface area contributed by atoms with Crippen LogP contribution in [-0.2, 0) is 6.42 Å². The van der Waals surface area contributed by atoms with Crippen LogP contribution in [0.25, 0.3) is 0 Å². The lowest BCUT2D eigenvalue weighted by atomic mass is 10.3. The van der Waals surface area contributed by atoms with Crippen molar-refractivity contribution in [1.82, 2.24) is 19.9 Å². The highest BCUT2D eigenvalue weighted by atomic mass is 15.5. The number of hydrazine groups is 1. The highest BCUT2D eigenvalue weighted by Crippen LogP contribution is 2.21. The zero-order valence-electron chi connectivity index (χ0n) is 13.0. The molecule has 1 aromatic heterocycles. The van der Waals surface area contributed by atoms with Crippen molar-refractivity contribution in [3.8, 4) is 0 Å². The van der Waals surface area contributed by atoms with E-state index in [-0.39, 0.29) is 0 Å². The summed E-state index contributed by atoms with van der Waals surface area (Å²) in [5.41, 5.74) is 4.54. The van der Waals surface area contributed by atoms with Gasteiger partial charge in [0.05, 0.1) is 0 Å². The van der Waals surface area contributed by atoms with E-state index in [1.807, 2.05) is 0 Å². The average molecular weight is 278 g/mol. The van der Waals surface area contributed by atoms with E-state index in [1.165, 1.54) is 0 Å². The zero-order chi connectivity index (χ0) is 14.5. The van der Waals surface area contributed by atoms with Gasteiger partial charge in [-0.3, -0.25) is 0 Å². The summed E-state index contributed by atoms with van der Waals surface area (Å²) < 4.78 is 0. The summed E-state index contributed by atoms with van der Waals surface area (Å²) in [6, 6.07) is 0. The van der Waals surface area contributed by atoms with Gasteiger partial charge in [0.15, 0.2) is 0 Å². The lowest BCUT2D eigenvalue weighted by molar-refractivity contribution is 0.178. The number of nitrogens with zero attached hydrogens (tertiary/aromatic N) is 4. The Kier molecular flexibility index (Phi) is 5.14. The van der Waals surface area contributed by atoms with Crippen LogP contribution in [0.15, 0.2) is 0 Å². The molecule has 6 heteroatoms. The summed E-state index contributed by atoms with van der Waals surface area (Å²) in [5, 5.41) is 5.56. The van der Waals surface area contributed by atoms with Crippen molar-refractivity contribution in [3.63, 3.8) is 0 Å². The molecule has 2 rings (SSSR count). The molecule has 1 saturated heterocycles. The Bertz CT molecular complexity index is 440. The summed E-state index contributed by atoms with van der Waals surface area (Å²) in [7, 11) is 2.16. The van der Waals surface area contributed by atoms with Gasteiger partial charge in [-0.1, -0.05) is 6.92 Å². The molecule has 0 aromatic carbocycles. The van der Waals surface area contributed by atoms with Gasteiger partial charge in [-0.25, -0.2) is 15.0 Å². The Hall–Kier alpha value is -1.40. The summed E-state index contributed by atoms with van der Waals surface area (Å²) in [4.78, 5) is 11.5. The molecule has 1 aliphatic heterocycles. The van der Waals surface area contributed by atoms with Crippen LogP contribution < -0.4 is 10.7 Å². The van der Waals surface area contributed by atoms with Crippen molar-refractivity contribution >= 4 is 11.6 Å². The van der Waals surface area contributed by atoms with Gasteiger partial charge in [-0.05, 0) is 20.9 Å². The Morgan fingerprint density at radius 3 is 2.30 bits per heavy atom. The Morgan fingerprint density at radius 2 is 1.70 bits per heavy atom. The van der Waals surface area contributed by atoms with Crippen LogP contribution in [0.5, 0.6) is 0 Å². The molecule has 0 unspecified atom stereocenters. The van der Waals surface area contributed by atoms with Gasteiger partial charge in [-0.2, -0.15) is 0 Å². The number of aryl methyl sites for hydroxylation is 1. The van der Waals surface area contributed by atoms with E-state index in [1.54, 1.807) is 0 Å². The lowest BCUT2D eigenvalue weighted by Gasteiger charge is -2.33. The molecule has 1 aromatic rings. The standard InChI is InChI=1S/C14H26N6/c1-5-12-16-13(15-6-2)11(3)14(17-12)18-20-9-7-19(4)8-10-20/h5-10H2,1-4H3,(H2,15,16,17,18). The third-order valence-electron chi connectivity index (χ3n) is 3.62. The van der Waals surface area contributed by atoms with Gasteiger partial charge in [0.2, 0.25) is 0 Å². The number of anilines is 2. The van der Waals surface area contributed by atoms with Crippen LogP contribution in [0.3, 0.4) is 0 Å². The molecule has 0 spiro atoms. The fourth-order valence-electron chi connectivity index (χ4n) is 2.24. The van der Waals surface area contributed by atoms with Crippen molar-refractivity contribution < 1.29 is 0 Å². The molecule has 20 heavy (non-hydrogen) atoms. The highest BCUT2D eigenvalue weighted by Gasteiger charge is 2.16. The maximum atomic E-state index is 4.63. The summed E-state index contributed by atoms with van der Waals surface area (Å²) >= 11 is 0. The van der Waals surface area contributed by atoms with Crippen molar-refractivity contribution in [2.24, 2.45) is 0 Å². The molecule has 1 aliphatic rings. The van der Waals surface area contributed by atoms with E-state index in [4.69, 9.17) is 0 Å². The van der Waals surface area contributed by atoms with E-state index >= 15 is 0 Å². The largest absolute Gasteiger partial charge is 0.370 e. The first-order chi connectivity index (χ1) is 9.63. The van der Waals surface area contributed by atoms with E-state index in [0.29, 0.717) is 0 Å². The summed E-state index contributed by atoms with van der Waals surface area (Å²) in [6.45, 7) is 11.3. The molecule has 2 N–H and O–H groups in total. The van der Waals surface area contributed by atoms with Crippen molar-refractivity contribution in [1.29, 1.82) is 0 Å². The number of rotatable bonds is 5. The number of aromatic nitrogens is 2. The zero-order valence-corrected chi connectivity index (χ0v) is 13.0. The monoisotopic (exact) mass is 278 g/mol. The molecule has 112 valence electrons. The quantitative estimate of drug-likeness (QED) is 0.848. The maximum absolute atomic E-state index is 4.63. The fraction of sp³-hybridized carbons (Fsp3) is 0.714. The first kappa shape index (κ1) is 15.0. The molecule has 6 nitrogen and oxygen atoms in total. The van der Waals surface area contributed by atoms with Gasteiger partial charge < -0.3 is 15.6 Å². The molecule has 1 fully saturated rings. The molecule has 0 saturated carbocycles. The molecule has 2 heterocycles. The Balaban J connectivity index is 2.15. The minimum Gasteiger partial charge on any atom is -0.370 e. The van der Waals surface area contributed by atoms with Gasteiger partial charge in [-0.15, -0.1) is 0 Å². The summed E-state index contributed by atoms with van der Waals surface area (Å²) in [5.74, 6) is 2.75. The van der Waals surface area contributed by atoms with Crippen molar-refractivity contribution in [2.45, 2.75) is 27.2 Å². The molecule has 0 atom stereocenters. The molecular formula is C14H26N6. The van der Waals surface area contributed by atoms with Crippen LogP contribution in [0.2, 0.25) is 0 Å². The normalized spacial score (nSPS) is 17.2. The van der Waals surface area contributed by atoms with Crippen LogP contribution in [0, 0.1) is 6.92 Å². The average Bonchev–Trinajstić information content (AvgIpc) is 2.45. The van der Waals surface area contributed by atoms with Gasteiger partial charge in [0.25, 0.3) is 0 Å². The van der Waals surface area contributed by atoms with E-state index in [2.05, 4.69) is 58.4 Å². The summed E-state index contributed by atoms with van der Waals surface area (Å²) in [6.07, 6.45) is 0.843. The predicted octanol–water partition coefficient (Wildman–Crippen LogP) is 1.35. The molecule has 0 radical (unpaired) electrons. The maximum Gasteiger partial charge on any atom is 0.149 e. The number of hydrogen-bond acceptors (Lipinski definition) is 6. The van der Waals surface area contributed by atoms with Gasteiger partial charge in [0, 0.05) is 44.7 Å². The Labute approximate surface area is 121 Å². The Morgan fingerprint density at radius 1 is 1.05 bits per heavy atom. The topological polar surface area (TPSA) is 56.3 Å². The van der Waals surface area contributed by atoms with Gasteiger partial charge >= 0.3 is 0 Å². The second-order valence-corrected chi connectivity index (χ2v) is 5.25. The van der Waals surface area contributed by atoms with E-state index in [0.717, 1.165) is 62.2 Å². The number of piperazine rings is 1. The minimum absolute atomic E-state index is 0.843. The smallest absolute Gasteiger partial charge is 0.149 e. The van der Waals surface area contributed by atoms with E-state index in [9.17, 15) is 0 Å². The molecule has 0 amide bonds. The second-order valence-electron chi connectivity index (χ2n) is 5.25. The third-order valence-corrected chi connectivity index (χ3v) is 3.62. The van der Waals surface area contributed by atoms with Crippen LogP contribution in [0.1, 0.15) is 25.2 Å². The third kappa shape index (κ3) is 3.58. The highest BCUT2D eigenvalue weighted by molar-refractivity contribution is 5.56. The fourth-order valence-corrected chi connectivity index (χ4v) is 2.24. The SMILES string of the molecule is CCNc1nc(CC)nc(NN2CCN(C)CC2)c1C. The van der Waals surface area contributed by atoms with Crippen LogP contribution in [-0.4, -0.2) is 59.6 Å². The molecular weight excluding hydrogens is 252 g/mol. The lowest BCUT2D eigenvalue weighted by Crippen LogP contribution is -2.47. The van der Waals surface area contributed by atoms with Crippen LogP contribution in [0.4, 0.5) is 11.6 Å². The van der Waals surface area contributed by atoms with Crippen molar-refractivity contribution in [3.05, 3.63) is 11.4 Å². The first-order valence-electron chi connectivity index (χ1n) is 7.45. The predicted molar refractivity (Wildman–Crippen MR) is 83.0 cm³/mol. The number of likely N-dealkylation sites (N-methyl/N-ethyl adjacent to an activating group) is 1. The van der Waals surface area contributed by atoms with E-state index < -0.39 is 0 Å². The molecule has 0 aliphatic carbocycles. The number of nitrogens with one attached hydrogen (secondary N) is 2. The molecule has 0 bridgehead atoms. The van der Waals surface area contributed by atoms with Crippen molar-refractivity contribution in [2.75, 3.05) is 50.5 Å². The van der Waals surface area contributed by atoms with Crippen LogP contribution >= 0.6 is 0 Å². The van der Waals surface area contributed by atoms with Gasteiger partial charge in [0.1, 0.15) is 17.5 Å².